The second kappa shape index (κ2) is 22.0. The Bertz CT molecular complexity index is 2290. The maximum atomic E-state index is 12.2. The molecule has 1 N–H and O–H groups in total. The van der Waals surface area contributed by atoms with Crippen molar-refractivity contribution >= 4 is 38.5 Å². The molecule has 2 fully saturated rings. The number of carboxylic acid groups (broad SMARTS) is 1. The summed E-state index contributed by atoms with van der Waals surface area (Å²) in [7, 11) is -1.76. The van der Waals surface area contributed by atoms with Crippen LogP contribution in [0.3, 0.4) is 0 Å². The van der Waals surface area contributed by atoms with Gasteiger partial charge in [-0.2, -0.15) is 23.6 Å². The first-order valence-corrected chi connectivity index (χ1v) is 22.9. The lowest BCUT2D eigenvalue weighted by molar-refractivity contribution is -0.0174. The molecule has 3 aromatic carbocycles. The maximum absolute atomic E-state index is 12.2. The van der Waals surface area contributed by atoms with Gasteiger partial charge in [-0.25, -0.2) is 4.79 Å². The molecule has 0 spiro atoms. The standard InChI is InChI=1S/C45H57N7O10S/c1-33-10-12-38(13-11-33)63(55,56)62-27-25-59-23-21-57-20-22-58-24-26-60-37-28-36(49(2)30-37)32-61-44-47-41-31-50(42-9-5-7-34-6-3-4-8-39(34)42)17-15-40(41)43(48-44)51-18-19-52(45(53)54)35(29-51)14-16-46/h3-13,35-37H,14-15,17-32H2,1-2H3,(H,53,54)/t35-,36-,37+/m0/s1. The van der Waals surface area contributed by atoms with E-state index in [0.717, 1.165) is 47.8 Å². The zero-order chi connectivity index (χ0) is 44.2. The lowest BCUT2D eigenvalue weighted by Gasteiger charge is -2.41. The van der Waals surface area contributed by atoms with Gasteiger partial charge in [-0.15, -0.1) is 0 Å². The number of rotatable bonds is 21. The van der Waals surface area contributed by atoms with Crippen molar-refractivity contribution < 1.29 is 46.2 Å². The number of piperazine rings is 1. The summed E-state index contributed by atoms with van der Waals surface area (Å²) in [6, 6.07) is 23.2. The number of carbonyl (C=O) groups is 1. The molecule has 0 unspecified atom stereocenters. The van der Waals surface area contributed by atoms with Crippen molar-refractivity contribution in [1.82, 2.24) is 19.8 Å². The van der Waals surface area contributed by atoms with Crippen LogP contribution in [0.5, 0.6) is 6.01 Å². The fourth-order valence-electron chi connectivity index (χ4n) is 8.29. The van der Waals surface area contributed by atoms with Crippen LogP contribution in [0.25, 0.3) is 10.8 Å². The molecule has 0 aliphatic carbocycles. The monoisotopic (exact) mass is 887 g/mol. The normalized spacial score (nSPS) is 19.3. The summed E-state index contributed by atoms with van der Waals surface area (Å²) < 4.78 is 58.8. The fourth-order valence-corrected chi connectivity index (χ4v) is 9.18. The van der Waals surface area contributed by atoms with Crippen LogP contribution in [0.1, 0.15) is 29.7 Å². The Hall–Kier alpha value is -5.13. The Morgan fingerprint density at radius 2 is 1.56 bits per heavy atom. The van der Waals surface area contributed by atoms with Gasteiger partial charge in [0.15, 0.2) is 0 Å². The number of hydrogen-bond acceptors (Lipinski definition) is 15. The van der Waals surface area contributed by atoms with Crippen molar-refractivity contribution in [2.75, 3.05) is 109 Å². The third kappa shape index (κ3) is 12.1. The minimum Gasteiger partial charge on any atom is -0.465 e. The average Bonchev–Trinajstić information content (AvgIpc) is 3.64. The van der Waals surface area contributed by atoms with Crippen molar-refractivity contribution in [3.8, 4) is 12.1 Å². The average molecular weight is 888 g/mol. The van der Waals surface area contributed by atoms with Crippen LogP contribution in [0.4, 0.5) is 16.3 Å². The first-order valence-electron chi connectivity index (χ1n) is 21.5. The molecule has 1 aromatic heterocycles. The number of fused-ring (bicyclic) bond motifs is 2. The highest BCUT2D eigenvalue weighted by Gasteiger charge is 2.35. The highest BCUT2D eigenvalue weighted by Crippen LogP contribution is 2.35. The Morgan fingerprint density at radius 1 is 0.841 bits per heavy atom. The Morgan fingerprint density at radius 3 is 2.30 bits per heavy atom. The third-order valence-electron chi connectivity index (χ3n) is 11.6. The zero-order valence-corrected chi connectivity index (χ0v) is 36.8. The Labute approximate surface area is 369 Å². The topological polar surface area (TPSA) is 189 Å². The number of ether oxygens (including phenoxy) is 5. The Balaban J connectivity index is 0.855. The lowest BCUT2D eigenvalue weighted by atomic mass is 10.0. The van der Waals surface area contributed by atoms with Crippen LogP contribution in [-0.4, -0.2) is 157 Å². The minimum atomic E-state index is -3.81. The number of aromatic nitrogens is 2. The molecular formula is C45H57N7O10S. The number of nitriles is 1. The third-order valence-corrected chi connectivity index (χ3v) is 13.0. The van der Waals surface area contributed by atoms with Crippen LogP contribution >= 0.6 is 0 Å². The molecule has 18 heteroatoms. The molecule has 3 aliphatic heterocycles. The molecule has 0 bridgehead atoms. The molecule has 338 valence electrons. The number of likely N-dealkylation sites (N-methyl/N-ethyl adjacent to an activating group) is 1. The van der Waals surface area contributed by atoms with Gasteiger partial charge < -0.3 is 43.5 Å². The summed E-state index contributed by atoms with van der Waals surface area (Å²) in [4.78, 5) is 30.1. The van der Waals surface area contributed by atoms with E-state index in [4.69, 9.17) is 37.8 Å². The quantitative estimate of drug-likeness (QED) is 0.0909. The number of aryl methyl sites for hydroxylation is 1. The van der Waals surface area contributed by atoms with E-state index in [2.05, 4.69) is 57.2 Å². The smallest absolute Gasteiger partial charge is 0.407 e. The van der Waals surface area contributed by atoms with Gasteiger partial charge >= 0.3 is 12.1 Å². The largest absolute Gasteiger partial charge is 0.465 e. The van der Waals surface area contributed by atoms with Crippen LogP contribution in [0.2, 0.25) is 0 Å². The summed E-state index contributed by atoms with van der Waals surface area (Å²) in [5.74, 6) is 0.745. The molecule has 63 heavy (non-hydrogen) atoms. The molecule has 3 aliphatic rings. The first kappa shape index (κ1) is 45.9. The number of benzene rings is 3. The summed E-state index contributed by atoms with van der Waals surface area (Å²) >= 11 is 0. The van der Waals surface area contributed by atoms with Gasteiger partial charge in [-0.1, -0.05) is 54.1 Å². The van der Waals surface area contributed by atoms with Crippen molar-refractivity contribution in [3.05, 3.63) is 83.6 Å². The molecule has 7 rings (SSSR count). The van der Waals surface area contributed by atoms with Gasteiger partial charge in [0, 0.05) is 55.4 Å². The van der Waals surface area contributed by atoms with Crippen LogP contribution < -0.4 is 14.5 Å². The number of likely N-dealkylation sites (tertiary alicyclic amines) is 1. The van der Waals surface area contributed by atoms with E-state index in [1.54, 1.807) is 12.1 Å². The second-order valence-electron chi connectivity index (χ2n) is 15.9. The van der Waals surface area contributed by atoms with Crippen LogP contribution in [0.15, 0.2) is 71.6 Å². The predicted octanol–water partition coefficient (Wildman–Crippen LogP) is 4.51. The minimum absolute atomic E-state index is 0.00770. The van der Waals surface area contributed by atoms with E-state index in [0.29, 0.717) is 72.3 Å². The number of hydrogen-bond donors (Lipinski definition) is 1. The Kier molecular flexibility index (Phi) is 16.0. The van der Waals surface area contributed by atoms with E-state index in [-0.39, 0.29) is 49.2 Å². The molecule has 0 saturated carbocycles. The van der Waals surface area contributed by atoms with Gasteiger partial charge in [-0.05, 0) is 50.4 Å². The van der Waals surface area contributed by atoms with Crippen molar-refractivity contribution in [2.24, 2.45) is 0 Å². The molecule has 1 amide bonds. The first-order chi connectivity index (χ1) is 30.6. The van der Waals surface area contributed by atoms with E-state index >= 15 is 0 Å². The van der Waals surface area contributed by atoms with Gasteiger partial charge in [0.25, 0.3) is 10.1 Å². The van der Waals surface area contributed by atoms with E-state index in [9.17, 15) is 23.6 Å². The van der Waals surface area contributed by atoms with Gasteiger partial charge in [0.05, 0.1) is 94.6 Å². The molecule has 4 heterocycles. The zero-order valence-electron chi connectivity index (χ0n) is 36.0. The molecule has 17 nitrogen and oxygen atoms in total. The summed E-state index contributed by atoms with van der Waals surface area (Å²) in [5, 5.41) is 21.7. The predicted molar refractivity (Wildman–Crippen MR) is 235 cm³/mol. The summed E-state index contributed by atoms with van der Waals surface area (Å²) in [6.07, 6.45) is 0.548. The number of anilines is 2. The summed E-state index contributed by atoms with van der Waals surface area (Å²) in [6.45, 7) is 7.74. The molecule has 3 atom stereocenters. The number of amides is 1. The van der Waals surface area contributed by atoms with E-state index in [1.165, 1.54) is 27.8 Å². The van der Waals surface area contributed by atoms with Gasteiger partial charge in [0.2, 0.25) is 0 Å². The fraction of sp³-hybridized carbons (Fsp3) is 0.511. The number of nitrogens with zero attached hydrogens (tertiary/aromatic N) is 7. The summed E-state index contributed by atoms with van der Waals surface area (Å²) in [5.41, 5.74) is 4.01. The molecule has 2 saturated heterocycles. The molecule has 4 aromatic rings. The van der Waals surface area contributed by atoms with Crippen LogP contribution in [-0.2, 0) is 46.2 Å². The maximum Gasteiger partial charge on any atom is 0.407 e. The van der Waals surface area contributed by atoms with Crippen LogP contribution in [0, 0.1) is 18.3 Å². The van der Waals surface area contributed by atoms with E-state index < -0.39 is 22.3 Å². The highest BCUT2D eigenvalue weighted by molar-refractivity contribution is 7.86. The SMILES string of the molecule is Cc1ccc(S(=O)(=O)OCCOCCOCCOCCO[C@@H]2C[C@@H](COc3nc4c(c(N5CCN(C(=O)O)[C@@H](CC#N)C5)n3)CCN(c3cccc5ccccc35)C4)N(C)C2)cc1. The van der Waals surface area contributed by atoms with Crippen molar-refractivity contribution in [2.45, 2.75) is 55.8 Å². The van der Waals surface area contributed by atoms with Crippen molar-refractivity contribution in [1.29, 1.82) is 5.26 Å². The second-order valence-corrected chi connectivity index (χ2v) is 17.5. The van der Waals surface area contributed by atoms with E-state index in [1.807, 2.05) is 20.0 Å². The molecule has 0 radical (unpaired) electrons. The van der Waals surface area contributed by atoms with Crippen molar-refractivity contribution in [3.63, 3.8) is 0 Å². The van der Waals surface area contributed by atoms with Gasteiger partial charge in [0.1, 0.15) is 12.4 Å². The highest BCUT2D eigenvalue weighted by atomic mass is 32.2. The lowest BCUT2D eigenvalue weighted by Crippen LogP contribution is -2.55. The van der Waals surface area contributed by atoms with Gasteiger partial charge in [-0.3, -0.25) is 9.08 Å². The molecular weight excluding hydrogens is 831 g/mol.